The van der Waals surface area contributed by atoms with Gasteiger partial charge in [-0.05, 0) is 42.2 Å². The average molecular weight is 366 g/mol. The monoisotopic (exact) mass is 364 g/mol. The van der Waals surface area contributed by atoms with E-state index in [0.29, 0.717) is 0 Å². The zero-order valence-electron chi connectivity index (χ0n) is 11.5. The summed E-state index contributed by atoms with van der Waals surface area (Å²) in [5.74, 6) is 0. The summed E-state index contributed by atoms with van der Waals surface area (Å²) in [6.45, 7) is 3.21. The molecule has 0 aliphatic carbocycles. The highest BCUT2D eigenvalue weighted by atomic mass is 35.5. The van der Waals surface area contributed by atoms with E-state index in [1.807, 2.05) is 12.1 Å². The van der Waals surface area contributed by atoms with E-state index in [-0.39, 0.29) is 24.8 Å². The second-order valence-electron chi connectivity index (χ2n) is 5.00. The van der Waals surface area contributed by atoms with Gasteiger partial charge in [0, 0.05) is 29.5 Å². The summed E-state index contributed by atoms with van der Waals surface area (Å²) in [5, 5.41) is 1.76. The van der Waals surface area contributed by atoms with Crippen LogP contribution in [-0.2, 0) is 19.4 Å². The van der Waals surface area contributed by atoms with E-state index in [4.69, 9.17) is 17.3 Å². The Morgan fingerprint density at radius 2 is 1.76 bits per heavy atom. The number of anilines is 1. The Labute approximate surface area is 147 Å². The molecule has 2 aromatic rings. The lowest BCUT2D eigenvalue weighted by atomic mass is 10.2. The van der Waals surface area contributed by atoms with Crippen molar-refractivity contribution in [1.29, 1.82) is 0 Å². The van der Waals surface area contributed by atoms with Gasteiger partial charge in [0.15, 0.2) is 0 Å². The number of fused-ring (bicyclic) bond motifs is 1. The lowest BCUT2D eigenvalue weighted by Gasteiger charge is -2.19. The van der Waals surface area contributed by atoms with Crippen LogP contribution in [0.3, 0.4) is 0 Å². The molecule has 0 bridgehead atoms. The summed E-state index contributed by atoms with van der Waals surface area (Å²) in [6, 6.07) is 10.3. The molecule has 0 atom stereocenters. The Morgan fingerprint density at radius 1 is 1.10 bits per heavy atom. The van der Waals surface area contributed by atoms with Gasteiger partial charge >= 0.3 is 0 Å². The molecule has 3 rings (SSSR count). The van der Waals surface area contributed by atoms with E-state index in [9.17, 15) is 0 Å². The third-order valence-corrected chi connectivity index (χ3v) is 4.91. The Hall–Kier alpha value is -0.450. The quantitative estimate of drug-likeness (QED) is 0.853. The molecule has 0 saturated carbocycles. The van der Waals surface area contributed by atoms with Gasteiger partial charge in [0.05, 0.1) is 5.00 Å². The van der Waals surface area contributed by atoms with E-state index in [1.165, 1.54) is 16.0 Å². The number of hydrogen-bond acceptors (Lipinski definition) is 3. The summed E-state index contributed by atoms with van der Waals surface area (Å²) < 4.78 is 0. The van der Waals surface area contributed by atoms with Crippen LogP contribution in [0.2, 0.25) is 5.02 Å². The van der Waals surface area contributed by atoms with Gasteiger partial charge in [0.1, 0.15) is 0 Å². The van der Waals surface area contributed by atoms with Crippen LogP contribution in [0.15, 0.2) is 30.3 Å². The molecule has 1 aromatic heterocycles. The van der Waals surface area contributed by atoms with Crippen molar-refractivity contribution in [1.82, 2.24) is 4.90 Å². The highest BCUT2D eigenvalue weighted by Crippen LogP contribution is 2.28. The molecular formula is C15H19Cl3N2S. The van der Waals surface area contributed by atoms with E-state index in [2.05, 4.69) is 23.1 Å². The third-order valence-electron chi connectivity index (χ3n) is 3.59. The molecule has 0 saturated heterocycles. The average Bonchev–Trinajstić information content (AvgIpc) is 2.66. The Balaban J connectivity index is 0.00000110. The maximum absolute atomic E-state index is 5.92. The van der Waals surface area contributed by atoms with Gasteiger partial charge in [-0.2, -0.15) is 0 Å². The molecule has 1 aliphatic heterocycles. The summed E-state index contributed by atoms with van der Waals surface area (Å²) in [6.07, 6.45) is 2.22. The van der Waals surface area contributed by atoms with Crippen LogP contribution < -0.4 is 5.73 Å². The second kappa shape index (κ2) is 8.25. The molecule has 0 radical (unpaired) electrons. The van der Waals surface area contributed by atoms with E-state index in [1.54, 1.807) is 11.3 Å². The Kier molecular flexibility index (Phi) is 7.31. The number of benzene rings is 1. The summed E-state index contributed by atoms with van der Waals surface area (Å²) in [7, 11) is 0. The number of hydrogen-bond donors (Lipinski definition) is 1. The second-order valence-corrected chi connectivity index (χ2v) is 6.60. The van der Waals surface area contributed by atoms with Gasteiger partial charge in [0.25, 0.3) is 0 Å². The van der Waals surface area contributed by atoms with Gasteiger partial charge < -0.3 is 5.73 Å². The van der Waals surface area contributed by atoms with Crippen molar-refractivity contribution in [2.45, 2.75) is 19.4 Å². The van der Waals surface area contributed by atoms with Gasteiger partial charge in [-0.1, -0.05) is 23.7 Å². The minimum absolute atomic E-state index is 0. The fraction of sp³-hybridized carbons (Fsp3) is 0.333. The lowest BCUT2D eigenvalue weighted by Crippen LogP contribution is -2.25. The number of halogens is 3. The molecule has 21 heavy (non-hydrogen) atoms. The predicted octanol–water partition coefficient (Wildman–Crippen LogP) is 4.43. The van der Waals surface area contributed by atoms with Gasteiger partial charge in [-0.3, -0.25) is 4.90 Å². The molecule has 2 N–H and O–H groups in total. The third kappa shape index (κ3) is 4.76. The van der Waals surface area contributed by atoms with E-state index < -0.39 is 0 Å². The Bertz CT molecular complexity index is 543. The van der Waals surface area contributed by atoms with Crippen molar-refractivity contribution >= 4 is 52.8 Å². The van der Waals surface area contributed by atoms with Gasteiger partial charge in [-0.25, -0.2) is 0 Å². The van der Waals surface area contributed by atoms with Crippen molar-refractivity contribution in [3.8, 4) is 0 Å². The van der Waals surface area contributed by atoms with Crippen LogP contribution in [0.5, 0.6) is 0 Å². The van der Waals surface area contributed by atoms with Gasteiger partial charge in [-0.15, -0.1) is 36.2 Å². The summed E-state index contributed by atoms with van der Waals surface area (Å²) >= 11 is 7.66. The maximum atomic E-state index is 5.92. The van der Waals surface area contributed by atoms with Crippen molar-refractivity contribution in [2.75, 3.05) is 18.8 Å². The van der Waals surface area contributed by atoms with Crippen LogP contribution in [0.1, 0.15) is 16.0 Å². The molecule has 0 spiro atoms. The van der Waals surface area contributed by atoms with Crippen LogP contribution in [0, 0.1) is 0 Å². The highest BCUT2D eigenvalue weighted by Gasteiger charge is 2.16. The minimum atomic E-state index is 0. The van der Waals surface area contributed by atoms with Gasteiger partial charge in [0.2, 0.25) is 0 Å². The first-order valence-corrected chi connectivity index (χ1v) is 7.74. The van der Waals surface area contributed by atoms with Crippen LogP contribution in [0.4, 0.5) is 5.00 Å². The standard InChI is InChI=1S/C15H17ClN2S.2ClH/c16-13-3-1-11(2-4-13)10-18-7-5-12-9-15(17)19-14(12)6-8-18;;/h1-4,9H,5-8,10,17H2;2*1H. The van der Waals surface area contributed by atoms with Crippen LogP contribution in [-0.4, -0.2) is 18.0 Å². The molecule has 0 fully saturated rings. The van der Waals surface area contributed by atoms with Crippen molar-refractivity contribution in [3.63, 3.8) is 0 Å². The molecular weight excluding hydrogens is 347 g/mol. The fourth-order valence-corrected chi connectivity index (χ4v) is 3.67. The van der Waals surface area contributed by atoms with Crippen LogP contribution in [0.25, 0.3) is 0 Å². The normalized spacial score (nSPS) is 14.5. The van der Waals surface area contributed by atoms with E-state index in [0.717, 1.165) is 42.5 Å². The molecule has 6 heteroatoms. The fourth-order valence-electron chi connectivity index (χ4n) is 2.57. The molecule has 2 heterocycles. The summed E-state index contributed by atoms with van der Waals surface area (Å²) in [4.78, 5) is 3.97. The number of rotatable bonds is 2. The smallest absolute Gasteiger partial charge is 0.0862 e. The largest absolute Gasteiger partial charge is 0.391 e. The number of nitrogen functional groups attached to an aromatic ring is 1. The zero-order valence-corrected chi connectivity index (χ0v) is 14.8. The van der Waals surface area contributed by atoms with Crippen molar-refractivity contribution < 1.29 is 0 Å². The predicted molar refractivity (Wildman–Crippen MR) is 97.4 cm³/mol. The first kappa shape index (κ1) is 18.6. The number of nitrogens with zero attached hydrogens (tertiary/aromatic N) is 1. The topological polar surface area (TPSA) is 29.3 Å². The Morgan fingerprint density at radius 3 is 2.48 bits per heavy atom. The molecule has 2 nitrogen and oxygen atoms in total. The van der Waals surface area contributed by atoms with Crippen molar-refractivity contribution in [3.05, 3.63) is 51.4 Å². The number of thiophene rings is 1. The molecule has 1 aromatic carbocycles. The zero-order chi connectivity index (χ0) is 13.2. The SMILES string of the molecule is Cl.Cl.Nc1cc2c(s1)CCN(Cc1ccc(Cl)cc1)CC2. The summed E-state index contributed by atoms with van der Waals surface area (Å²) in [5.41, 5.74) is 8.65. The molecule has 0 unspecified atom stereocenters. The number of nitrogens with two attached hydrogens (primary N) is 1. The lowest BCUT2D eigenvalue weighted by molar-refractivity contribution is 0.279. The minimum Gasteiger partial charge on any atom is -0.391 e. The highest BCUT2D eigenvalue weighted by molar-refractivity contribution is 7.16. The van der Waals surface area contributed by atoms with Crippen molar-refractivity contribution in [2.24, 2.45) is 0 Å². The first-order chi connectivity index (χ1) is 9.20. The maximum Gasteiger partial charge on any atom is 0.0862 e. The van der Waals surface area contributed by atoms with Crippen LogP contribution >= 0.6 is 47.8 Å². The van der Waals surface area contributed by atoms with E-state index >= 15 is 0 Å². The molecule has 1 aliphatic rings. The first-order valence-electron chi connectivity index (χ1n) is 6.54. The molecule has 116 valence electrons. The molecule has 0 amide bonds.